The molecular formula is C20H22F3N3O2S. The lowest BCUT2D eigenvalue weighted by atomic mass is 9.97. The Balaban J connectivity index is 1.45. The highest BCUT2D eigenvalue weighted by atomic mass is 32.1. The van der Waals surface area contributed by atoms with Gasteiger partial charge in [-0.05, 0) is 37.7 Å². The first-order valence-corrected chi connectivity index (χ1v) is 10.7. The minimum atomic E-state index is -4.43. The number of hydrogen-bond acceptors (Lipinski definition) is 5. The molecule has 0 aromatic carbocycles. The molecule has 2 saturated carbocycles. The second kappa shape index (κ2) is 8.30. The maximum atomic E-state index is 12.6. The van der Waals surface area contributed by atoms with Crippen molar-refractivity contribution in [2.24, 2.45) is 0 Å². The third kappa shape index (κ3) is 5.26. The first kappa shape index (κ1) is 20.1. The van der Waals surface area contributed by atoms with Gasteiger partial charge in [-0.15, -0.1) is 11.3 Å². The van der Waals surface area contributed by atoms with Crippen molar-refractivity contribution in [3.05, 3.63) is 39.5 Å². The van der Waals surface area contributed by atoms with Crippen molar-refractivity contribution in [2.45, 2.75) is 63.1 Å². The topological polar surface area (TPSA) is 64.1 Å². The van der Waals surface area contributed by atoms with E-state index in [1.165, 1.54) is 19.0 Å². The average Bonchev–Trinajstić information content (AvgIpc) is 3.19. The van der Waals surface area contributed by atoms with Crippen LogP contribution in [0.3, 0.4) is 0 Å². The number of nitrogens with zero attached hydrogens (tertiary/aromatic N) is 2. The molecule has 0 saturated heterocycles. The Morgan fingerprint density at radius 1 is 1.21 bits per heavy atom. The van der Waals surface area contributed by atoms with Gasteiger partial charge in [-0.25, -0.2) is 9.97 Å². The van der Waals surface area contributed by atoms with Crippen LogP contribution in [0.1, 0.15) is 77.0 Å². The number of alkyl halides is 3. The largest absolute Gasteiger partial charge is 0.468 e. The summed E-state index contributed by atoms with van der Waals surface area (Å²) in [5.41, 5.74) is 1.73. The molecule has 1 N–H and O–H groups in total. The lowest BCUT2D eigenvalue weighted by Gasteiger charge is -2.17. The average molecular weight is 425 g/mol. The smallest absolute Gasteiger partial charge is 0.422 e. The molecule has 0 aliphatic heterocycles. The van der Waals surface area contributed by atoms with Crippen molar-refractivity contribution in [1.82, 2.24) is 15.3 Å². The molecule has 9 heteroatoms. The SMILES string of the molecule is O=C(NCc1csc(C2CC2)n1)c1cnc(OCC(F)(F)F)c(C2CCCC2)c1. The highest BCUT2D eigenvalue weighted by Crippen LogP contribution is 2.41. The number of nitrogens with one attached hydrogen (secondary N) is 1. The first-order valence-electron chi connectivity index (χ1n) is 9.81. The van der Waals surface area contributed by atoms with E-state index in [1.807, 2.05) is 5.38 Å². The predicted molar refractivity (Wildman–Crippen MR) is 102 cm³/mol. The molecule has 0 bridgehead atoms. The molecule has 2 aliphatic rings. The zero-order chi connectivity index (χ0) is 20.4. The molecular weight excluding hydrogens is 403 g/mol. The van der Waals surface area contributed by atoms with Crippen molar-refractivity contribution < 1.29 is 22.7 Å². The number of amides is 1. The number of rotatable bonds is 7. The van der Waals surface area contributed by atoms with E-state index in [9.17, 15) is 18.0 Å². The number of thiazole rings is 1. The minimum absolute atomic E-state index is 0.0284. The van der Waals surface area contributed by atoms with Crippen LogP contribution in [-0.4, -0.2) is 28.7 Å². The number of pyridine rings is 1. The summed E-state index contributed by atoms with van der Waals surface area (Å²) in [7, 11) is 0. The molecule has 0 atom stereocenters. The number of carbonyl (C=O) groups is 1. The second-order valence-electron chi connectivity index (χ2n) is 7.64. The summed E-state index contributed by atoms with van der Waals surface area (Å²) in [6.07, 6.45) is 2.93. The maximum Gasteiger partial charge on any atom is 0.422 e. The third-order valence-corrected chi connectivity index (χ3v) is 6.29. The number of halogens is 3. The molecule has 0 unspecified atom stereocenters. The summed E-state index contributed by atoms with van der Waals surface area (Å²) in [5.74, 6) is 0.296. The van der Waals surface area contributed by atoms with Gasteiger partial charge >= 0.3 is 6.18 Å². The van der Waals surface area contributed by atoms with Gasteiger partial charge in [0.25, 0.3) is 5.91 Å². The van der Waals surface area contributed by atoms with Crippen molar-refractivity contribution in [2.75, 3.05) is 6.61 Å². The zero-order valence-corrected chi connectivity index (χ0v) is 16.6. The fraction of sp³-hybridized carbons (Fsp3) is 0.550. The van der Waals surface area contributed by atoms with Gasteiger partial charge in [-0.1, -0.05) is 12.8 Å². The van der Waals surface area contributed by atoms with Crippen molar-refractivity contribution in [3.8, 4) is 5.88 Å². The van der Waals surface area contributed by atoms with Crippen LogP contribution in [0.25, 0.3) is 0 Å². The van der Waals surface area contributed by atoms with E-state index >= 15 is 0 Å². The third-order valence-electron chi connectivity index (χ3n) is 5.23. The number of ether oxygens (including phenoxy) is 1. The number of aromatic nitrogens is 2. The number of hydrogen-bond donors (Lipinski definition) is 1. The van der Waals surface area contributed by atoms with Gasteiger partial charge in [-0.2, -0.15) is 13.2 Å². The van der Waals surface area contributed by atoms with Crippen molar-refractivity contribution in [3.63, 3.8) is 0 Å². The Kier molecular flexibility index (Phi) is 5.76. The Morgan fingerprint density at radius 3 is 2.66 bits per heavy atom. The Hall–Kier alpha value is -2.16. The molecule has 2 aromatic rings. The molecule has 156 valence electrons. The summed E-state index contributed by atoms with van der Waals surface area (Å²) >= 11 is 1.61. The highest BCUT2D eigenvalue weighted by Gasteiger charge is 2.31. The quantitative estimate of drug-likeness (QED) is 0.682. The molecule has 2 aliphatic carbocycles. The summed E-state index contributed by atoms with van der Waals surface area (Å²) in [5, 5.41) is 5.89. The van der Waals surface area contributed by atoms with Gasteiger partial charge in [0.2, 0.25) is 5.88 Å². The lowest BCUT2D eigenvalue weighted by Crippen LogP contribution is -2.24. The normalized spacial score (nSPS) is 17.5. The Morgan fingerprint density at radius 2 is 1.97 bits per heavy atom. The van der Waals surface area contributed by atoms with Gasteiger partial charge in [0.1, 0.15) is 0 Å². The molecule has 2 fully saturated rings. The predicted octanol–water partition coefficient (Wildman–Crippen LogP) is 4.94. The van der Waals surface area contributed by atoms with Crippen LogP contribution in [-0.2, 0) is 6.54 Å². The molecule has 0 spiro atoms. The second-order valence-corrected chi connectivity index (χ2v) is 8.53. The maximum absolute atomic E-state index is 12.6. The molecule has 2 aromatic heterocycles. The molecule has 2 heterocycles. The molecule has 5 nitrogen and oxygen atoms in total. The van der Waals surface area contributed by atoms with Crippen molar-refractivity contribution >= 4 is 17.2 Å². The van der Waals surface area contributed by atoms with E-state index < -0.39 is 12.8 Å². The van der Waals surface area contributed by atoms with Crippen LogP contribution < -0.4 is 10.1 Å². The Labute approximate surface area is 170 Å². The molecule has 0 radical (unpaired) electrons. The van der Waals surface area contributed by atoms with Crippen LogP contribution in [0, 0.1) is 0 Å². The summed E-state index contributed by atoms with van der Waals surface area (Å²) in [6.45, 7) is -1.08. The standard InChI is InChI=1S/C20H22F3N3O2S/c21-20(22,23)11-28-18-16(12-3-1-2-4-12)7-14(8-25-18)17(27)24-9-15-10-29-19(26-15)13-5-6-13/h7-8,10,12-13H,1-6,9,11H2,(H,24,27). The van der Waals surface area contributed by atoms with Crippen LogP contribution in [0.5, 0.6) is 5.88 Å². The lowest BCUT2D eigenvalue weighted by molar-refractivity contribution is -0.154. The summed E-state index contributed by atoms with van der Waals surface area (Å²) in [6, 6.07) is 1.63. The minimum Gasteiger partial charge on any atom is -0.468 e. The van der Waals surface area contributed by atoms with Crippen LogP contribution >= 0.6 is 11.3 Å². The van der Waals surface area contributed by atoms with E-state index in [0.717, 1.165) is 36.4 Å². The number of carbonyl (C=O) groups excluding carboxylic acids is 1. The molecule has 29 heavy (non-hydrogen) atoms. The summed E-state index contributed by atoms with van der Waals surface area (Å²) in [4.78, 5) is 21.2. The fourth-order valence-electron chi connectivity index (χ4n) is 3.59. The zero-order valence-electron chi connectivity index (χ0n) is 15.8. The fourth-order valence-corrected chi connectivity index (χ4v) is 4.58. The van der Waals surface area contributed by atoms with Gasteiger partial charge in [0.15, 0.2) is 6.61 Å². The van der Waals surface area contributed by atoms with E-state index in [2.05, 4.69) is 15.3 Å². The van der Waals surface area contributed by atoms with Gasteiger partial charge in [0.05, 0.1) is 22.8 Å². The van der Waals surface area contributed by atoms with E-state index in [0.29, 0.717) is 23.6 Å². The van der Waals surface area contributed by atoms with Crippen molar-refractivity contribution in [1.29, 1.82) is 0 Å². The van der Waals surface area contributed by atoms with E-state index in [-0.39, 0.29) is 17.7 Å². The molecule has 1 amide bonds. The van der Waals surface area contributed by atoms with Crippen LogP contribution in [0.4, 0.5) is 13.2 Å². The van der Waals surface area contributed by atoms with Gasteiger partial charge < -0.3 is 10.1 Å². The highest BCUT2D eigenvalue weighted by molar-refractivity contribution is 7.09. The monoisotopic (exact) mass is 425 g/mol. The van der Waals surface area contributed by atoms with Crippen LogP contribution in [0.2, 0.25) is 0 Å². The van der Waals surface area contributed by atoms with E-state index in [4.69, 9.17) is 4.74 Å². The first-order chi connectivity index (χ1) is 13.9. The van der Waals surface area contributed by atoms with Gasteiger partial charge in [0, 0.05) is 23.1 Å². The van der Waals surface area contributed by atoms with Crippen LogP contribution in [0.15, 0.2) is 17.6 Å². The summed E-state index contributed by atoms with van der Waals surface area (Å²) < 4.78 is 42.6. The van der Waals surface area contributed by atoms with Gasteiger partial charge in [-0.3, -0.25) is 4.79 Å². The molecule has 4 rings (SSSR count). The van der Waals surface area contributed by atoms with E-state index in [1.54, 1.807) is 17.4 Å². The Bertz CT molecular complexity index is 874.